The number of rotatable bonds is 30. The quantitative estimate of drug-likeness (QED) is 0.0953. The van der Waals surface area contributed by atoms with Gasteiger partial charge in [-0.2, -0.15) is 0 Å². The molecule has 0 aliphatic rings. The van der Waals surface area contributed by atoms with Crippen molar-refractivity contribution in [1.82, 2.24) is 5.32 Å². The Morgan fingerprint density at radius 1 is 0.389 bits per heavy atom. The van der Waals surface area contributed by atoms with E-state index in [0.29, 0.717) is 5.54 Å². The summed E-state index contributed by atoms with van der Waals surface area (Å²) in [6, 6.07) is 0. The third-order valence-electron chi connectivity index (χ3n) is 9.04. The Bertz CT molecular complexity index is 371. The fraction of sp³-hybridized carbons (Fsp3) is 1.00. The van der Waals surface area contributed by atoms with Crippen molar-refractivity contribution in [2.24, 2.45) is 5.92 Å². The van der Waals surface area contributed by atoms with Crippen LogP contribution in [0.1, 0.15) is 207 Å². The maximum absolute atomic E-state index is 4.04. The maximum atomic E-state index is 4.04. The van der Waals surface area contributed by atoms with Crippen molar-refractivity contribution < 1.29 is 0 Å². The van der Waals surface area contributed by atoms with Crippen LogP contribution in [0.4, 0.5) is 0 Å². The van der Waals surface area contributed by atoms with E-state index in [2.05, 4.69) is 40.1 Å². The lowest BCUT2D eigenvalue weighted by Gasteiger charge is -2.42. The summed E-state index contributed by atoms with van der Waals surface area (Å²) >= 11 is 0. The molecular weight excluding hydrogens is 434 g/mol. The monoisotopic (exact) mass is 508 g/mol. The highest BCUT2D eigenvalue weighted by Gasteiger charge is 2.35. The largest absolute Gasteiger partial charge is 0.314 e. The molecular formula is C35H73N. The van der Waals surface area contributed by atoms with E-state index in [1.54, 1.807) is 0 Å². The van der Waals surface area contributed by atoms with Gasteiger partial charge >= 0.3 is 0 Å². The van der Waals surface area contributed by atoms with E-state index in [1.165, 1.54) is 180 Å². The summed E-state index contributed by atoms with van der Waals surface area (Å²) in [4.78, 5) is 0. The first kappa shape index (κ1) is 36.0. The van der Waals surface area contributed by atoms with Gasteiger partial charge in [0.1, 0.15) is 0 Å². The molecule has 1 nitrogen and oxygen atoms in total. The third kappa shape index (κ3) is 20.0. The summed E-state index contributed by atoms with van der Waals surface area (Å²) < 4.78 is 0. The molecule has 36 heavy (non-hydrogen) atoms. The van der Waals surface area contributed by atoms with Crippen LogP contribution in [0, 0.1) is 5.92 Å². The minimum absolute atomic E-state index is 0.391. The molecule has 0 spiro atoms. The Labute approximate surface area is 231 Å². The Hall–Kier alpha value is -0.0400. The highest BCUT2D eigenvalue weighted by atomic mass is 14.9. The van der Waals surface area contributed by atoms with Crippen LogP contribution in [0.2, 0.25) is 0 Å². The molecule has 0 amide bonds. The molecule has 0 aromatic heterocycles. The predicted molar refractivity (Wildman–Crippen MR) is 167 cm³/mol. The first-order valence-corrected chi connectivity index (χ1v) is 17.4. The van der Waals surface area contributed by atoms with Gasteiger partial charge in [-0.05, 0) is 38.6 Å². The lowest BCUT2D eigenvalue weighted by atomic mass is 9.71. The molecule has 218 valence electrons. The van der Waals surface area contributed by atoms with E-state index in [4.69, 9.17) is 0 Å². The molecule has 0 rings (SSSR count). The molecule has 0 atom stereocenters. The fourth-order valence-electron chi connectivity index (χ4n) is 6.47. The Morgan fingerprint density at radius 2 is 0.667 bits per heavy atom. The van der Waals surface area contributed by atoms with Crippen molar-refractivity contribution in [3.8, 4) is 0 Å². The van der Waals surface area contributed by atoms with E-state index >= 15 is 0 Å². The van der Waals surface area contributed by atoms with Crippen molar-refractivity contribution in [2.45, 2.75) is 213 Å². The Balaban J connectivity index is 5.10. The van der Waals surface area contributed by atoms with Gasteiger partial charge in [-0.25, -0.2) is 0 Å². The third-order valence-corrected chi connectivity index (χ3v) is 9.04. The first-order valence-electron chi connectivity index (χ1n) is 17.4. The van der Waals surface area contributed by atoms with Gasteiger partial charge in [-0.15, -0.1) is 0 Å². The lowest BCUT2D eigenvalue weighted by Crippen LogP contribution is -2.49. The second-order valence-corrected chi connectivity index (χ2v) is 12.3. The summed E-state index contributed by atoms with van der Waals surface area (Å²) in [7, 11) is 2.32. The van der Waals surface area contributed by atoms with Gasteiger partial charge in [0.2, 0.25) is 0 Å². The zero-order valence-electron chi connectivity index (χ0n) is 26.4. The van der Waals surface area contributed by atoms with Crippen molar-refractivity contribution in [2.75, 3.05) is 7.05 Å². The molecule has 0 bridgehead atoms. The summed E-state index contributed by atoms with van der Waals surface area (Å²) in [6.45, 7) is 9.34. The SMILES string of the molecule is CCCCCCCCC(CCCCCCCC)C(CCCCCCCC)(CCCCCCCC)NC. The van der Waals surface area contributed by atoms with Crippen LogP contribution in [0.5, 0.6) is 0 Å². The van der Waals surface area contributed by atoms with Crippen LogP contribution in [-0.4, -0.2) is 12.6 Å². The van der Waals surface area contributed by atoms with Crippen LogP contribution in [0.25, 0.3) is 0 Å². The molecule has 1 heteroatoms. The lowest BCUT2D eigenvalue weighted by molar-refractivity contribution is 0.152. The van der Waals surface area contributed by atoms with E-state index in [-0.39, 0.29) is 0 Å². The second-order valence-electron chi connectivity index (χ2n) is 12.3. The molecule has 0 unspecified atom stereocenters. The van der Waals surface area contributed by atoms with E-state index in [0.717, 1.165) is 5.92 Å². The number of hydrogen-bond acceptors (Lipinski definition) is 1. The van der Waals surface area contributed by atoms with Crippen LogP contribution in [-0.2, 0) is 0 Å². The van der Waals surface area contributed by atoms with E-state index in [9.17, 15) is 0 Å². The standard InChI is InChI=1S/C35H73N/c1-6-10-14-18-22-26-30-34(31-27-23-19-15-11-7-2)35(36-5,32-28-24-20-16-12-8-3)33-29-25-21-17-13-9-4/h34,36H,6-33H2,1-5H3. The number of hydrogen-bond donors (Lipinski definition) is 1. The summed E-state index contributed by atoms with van der Waals surface area (Å²) in [5.41, 5.74) is 0.391. The van der Waals surface area contributed by atoms with Gasteiger partial charge in [0.15, 0.2) is 0 Å². The summed E-state index contributed by atoms with van der Waals surface area (Å²) in [6.07, 6.45) is 40.1. The van der Waals surface area contributed by atoms with E-state index in [1.807, 2.05) is 0 Å². The molecule has 0 saturated carbocycles. The molecule has 0 heterocycles. The second kappa shape index (κ2) is 28.0. The van der Waals surface area contributed by atoms with Gasteiger partial charge in [0.05, 0.1) is 0 Å². The predicted octanol–water partition coefficient (Wildman–Crippen LogP) is 12.6. The molecule has 1 N–H and O–H groups in total. The topological polar surface area (TPSA) is 12.0 Å². The van der Waals surface area contributed by atoms with Crippen molar-refractivity contribution >= 4 is 0 Å². The summed E-state index contributed by atoms with van der Waals surface area (Å²) in [5, 5.41) is 4.04. The molecule has 0 saturated heterocycles. The highest BCUT2D eigenvalue weighted by molar-refractivity contribution is 4.93. The van der Waals surface area contributed by atoms with Crippen LogP contribution >= 0.6 is 0 Å². The van der Waals surface area contributed by atoms with Crippen LogP contribution in [0.3, 0.4) is 0 Å². The molecule has 0 fully saturated rings. The van der Waals surface area contributed by atoms with Gasteiger partial charge < -0.3 is 5.32 Å². The Morgan fingerprint density at radius 3 is 0.972 bits per heavy atom. The maximum Gasteiger partial charge on any atom is 0.0206 e. The average molecular weight is 508 g/mol. The molecule has 0 aliphatic heterocycles. The smallest absolute Gasteiger partial charge is 0.0206 e. The first-order chi connectivity index (χ1) is 17.7. The average Bonchev–Trinajstić information content (AvgIpc) is 2.89. The molecule has 0 aromatic carbocycles. The van der Waals surface area contributed by atoms with Crippen molar-refractivity contribution in [3.63, 3.8) is 0 Å². The highest BCUT2D eigenvalue weighted by Crippen LogP contribution is 2.37. The molecule has 0 aliphatic carbocycles. The van der Waals surface area contributed by atoms with Crippen LogP contribution < -0.4 is 5.32 Å². The fourth-order valence-corrected chi connectivity index (χ4v) is 6.47. The summed E-state index contributed by atoms with van der Waals surface area (Å²) in [5.74, 6) is 0.881. The van der Waals surface area contributed by atoms with E-state index < -0.39 is 0 Å². The number of nitrogens with one attached hydrogen (secondary N) is 1. The number of unbranched alkanes of at least 4 members (excludes halogenated alkanes) is 20. The zero-order valence-corrected chi connectivity index (χ0v) is 26.4. The molecule has 0 radical (unpaired) electrons. The normalized spacial score (nSPS) is 12.2. The Kier molecular flexibility index (Phi) is 27.9. The molecule has 0 aromatic rings. The van der Waals surface area contributed by atoms with Gasteiger partial charge in [0, 0.05) is 5.54 Å². The van der Waals surface area contributed by atoms with Gasteiger partial charge in [-0.1, -0.05) is 182 Å². The van der Waals surface area contributed by atoms with Crippen molar-refractivity contribution in [1.29, 1.82) is 0 Å². The minimum atomic E-state index is 0.391. The van der Waals surface area contributed by atoms with Gasteiger partial charge in [0.25, 0.3) is 0 Å². The van der Waals surface area contributed by atoms with Crippen LogP contribution in [0.15, 0.2) is 0 Å². The van der Waals surface area contributed by atoms with Gasteiger partial charge in [-0.3, -0.25) is 0 Å². The van der Waals surface area contributed by atoms with Crippen molar-refractivity contribution in [3.05, 3.63) is 0 Å². The zero-order chi connectivity index (χ0) is 26.6. The minimum Gasteiger partial charge on any atom is -0.314 e.